The second kappa shape index (κ2) is 6.12. The van der Waals surface area contributed by atoms with E-state index in [2.05, 4.69) is 23.3 Å². The number of urea groups is 1. The van der Waals surface area contributed by atoms with E-state index in [1.54, 1.807) is 48.5 Å². The molecule has 0 bridgehead atoms. The zero-order chi connectivity index (χ0) is 14.5. The van der Waals surface area contributed by atoms with Crippen LogP contribution in [0, 0.1) is 0 Å². The fourth-order valence-corrected chi connectivity index (χ4v) is 1.76. The normalized spacial score (nSPS) is 9.85. The molecule has 0 aromatic heterocycles. The van der Waals surface area contributed by atoms with Gasteiger partial charge in [-0.1, -0.05) is 12.1 Å². The highest BCUT2D eigenvalue weighted by atomic mass is 32.1. The number of nitrogens with two attached hydrogens (primary N) is 1. The highest BCUT2D eigenvalue weighted by molar-refractivity contribution is 7.80. The van der Waals surface area contributed by atoms with Crippen LogP contribution in [0.25, 0.3) is 0 Å². The van der Waals surface area contributed by atoms with Gasteiger partial charge in [-0.05, 0) is 36.4 Å². The van der Waals surface area contributed by atoms with E-state index in [0.717, 1.165) is 0 Å². The summed E-state index contributed by atoms with van der Waals surface area (Å²) in [4.78, 5) is 24.1. The fraction of sp³-hybridized carbons (Fsp3) is 0. The number of anilines is 2. The summed E-state index contributed by atoms with van der Waals surface area (Å²) >= 11 is 4.20. The van der Waals surface area contributed by atoms with Crippen molar-refractivity contribution in [1.29, 1.82) is 0 Å². The van der Waals surface area contributed by atoms with Crippen molar-refractivity contribution in [2.24, 2.45) is 0 Å². The number of nitrogens with one attached hydrogen (secondary N) is 2. The van der Waals surface area contributed by atoms with Crippen molar-refractivity contribution in [2.45, 2.75) is 4.90 Å². The summed E-state index contributed by atoms with van der Waals surface area (Å²) in [5.41, 5.74) is 6.96. The Kier molecular flexibility index (Phi) is 4.27. The van der Waals surface area contributed by atoms with Crippen LogP contribution >= 0.6 is 12.6 Å². The predicted molar refractivity (Wildman–Crippen MR) is 81.0 cm³/mol. The number of carbonyl (C=O) groups is 2. The molecule has 0 aliphatic rings. The molecule has 4 N–H and O–H groups in total. The number of nitrogen functional groups attached to an aromatic ring is 1. The Balaban J connectivity index is 2.00. The number of amides is 3. The number of para-hydroxylation sites is 1. The Morgan fingerprint density at radius 3 is 2.30 bits per heavy atom. The molecule has 102 valence electrons. The molecule has 0 radical (unpaired) electrons. The zero-order valence-corrected chi connectivity index (χ0v) is 11.4. The lowest BCUT2D eigenvalue weighted by atomic mass is 10.2. The first-order chi connectivity index (χ1) is 9.56. The molecule has 0 spiro atoms. The van der Waals surface area contributed by atoms with E-state index in [4.69, 9.17) is 5.73 Å². The van der Waals surface area contributed by atoms with Gasteiger partial charge in [0.05, 0.1) is 5.69 Å². The smallest absolute Gasteiger partial charge is 0.326 e. The third-order valence-electron chi connectivity index (χ3n) is 2.55. The standard InChI is InChI=1S/C14H13N3O2S/c15-10-7-5-9(6-8-10)13(18)17-14(19)16-11-3-1-2-4-12(11)20/h1-8,20H,15H2,(H2,16,17,18,19). The van der Waals surface area contributed by atoms with Gasteiger partial charge in [-0.15, -0.1) is 12.6 Å². The monoisotopic (exact) mass is 287 g/mol. The number of imide groups is 1. The molecule has 0 aliphatic heterocycles. The van der Waals surface area contributed by atoms with Gasteiger partial charge in [0, 0.05) is 16.1 Å². The molecule has 0 unspecified atom stereocenters. The second-order valence-electron chi connectivity index (χ2n) is 4.05. The maximum absolute atomic E-state index is 11.8. The lowest BCUT2D eigenvalue weighted by molar-refractivity contribution is 0.0967. The molecule has 6 heteroatoms. The van der Waals surface area contributed by atoms with E-state index in [0.29, 0.717) is 21.8 Å². The maximum Gasteiger partial charge on any atom is 0.326 e. The Morgan fingerprint density at radius 1 is 1.00 bits per heavy atom. The maximum atomic E-state index is 11.8. The summed E-state index contributed by atoms with van der Waals surface area (Å²) < 4.78 is 0. The molecule has 20 heavy (non-hydrogen) atoms. The highest BCUT2D eigenvalue weighted by Gasteiger charge is 2.10. The average molecular weight is 287 g/mol. The lowest BCUT2D eigenvalue weighted by Crippen LogP contribution is -2.34. The third kappa shape index (κ3) is 3.52. The second-order valence-corrected chi connectivity index (χ2v) is 4.53. The van der Waals surface area contributed by atoms with Gasteiger partial charge >= 0.3 is 6.03 Å². The summed E-state index contributed by atoms with van der Waals surface area (Å²) in [6.07, 6.45) is 0. The van der Waals surface area contributed by atoms with Gasteiger partial charge in [-0.3, -0.25) is 10.1 Å². The van der Waals surface area contributed by atoms with E-state index in [-0.39, 0.29) is 0 Å². The number of benzene rings is 2. The van der Waals surface area contributed by atoms with Gasteiger partial charge in [0.2, 0.25) is 0 Å². The fourth-order valence-electron chi connectivity index (χ4n) is 1.54. The summed E-state index contributed by atoms with van der Waals surface area (Å²) in [5.74, 6) is -0.501. The Bertz CT molecular complexity index is 641. The summed E-state index contributed by atoms with van der Waals surface area (Å²) in [5, 5.41) is 4.78. The molecule has 2 aromatic rings. The third-order valence-corrected chi connectivity index (χ3v) is 2.94. The summed E-state index contributed by atoms with van der Waals surface area (Å²) in [6, 6.07) is 12.6. The molecule has 5 nitrogen and oxygen atoms in total. The van der Waals surface area contributed by atoms with Crippen molar-refractivity contribution >= 4 is 35.9 Å². The molecule has 0 aliphatic carbocycles. The molecule has 0 saturated carbocycles. The van der Waals surface area contributed by atoms with E-state index < -0.39 is 11.9 Å². The van der Waals surface area contributed by atoms with Crippen molar-refractivity contribution in [3.8, 4) is 0 Å². The molecule has 0 heterocycles. The SMILES string of the molecule is Nc1ccc(C(=O)NC(=O)Nc2ccccc2S)cc1. The van der Waals surface area contributed by atoms with Crippen molar-refractivity contribution in [3.05, 3.63) is 54.1 Å². The van der Waals surface area contributed by atoms with Gasteiger partial charge in [-0.2, -0.15) is 0 Å². The van der Waals surface area contributed by atoms with Crippen LogP contribution in [0.3, 0.4) is 0 Å². The van der Waals surface area contributed by atoms with Gasteiger partial charge < -0.3 is 11.1 Å². The van der Waals surface area contributed by atoms with Crippen LogP contribution in [0.1, 0.15) is 10.4 Å². The van der Waals surface area contributed by atoms with Gasteiger partial charge in [0.15, 0.2) is 0 Å². The van der Waals surface area contributed by atoms with E-state index in [1.807, 2.05) is 0 Å². The minimum absolute atomic E-state index is 0.355. The number of hydrogen-bond acceptors (Lipinski definition) is 4. The first kappa shape index (κ1) is 14.0. The van der Waals surface area contributed by atoms with Crippen molar-refractivity contribution in [3.63, 3.8) is 0 Å². The number of carbonyl (C=O) groups excluding carboxylic acids is 2. The number of thiol groups is 1. The molecule has 0 saturated heterocycles. The van der Waals surface area contributed by atoms with Crippen LogP contribution in [0.15, 0.2) is 53.4 Å². The number of hydrogen-bond donors (Lipinski definition) is 4. The molecule has 2 rings (SSSR count). The minimum Gasteiger partial charge on any atom is -0.399 e. The van der Waals surface area contributed by atoms with Crippen LogP contribution in [-0.4, -0.2) is 11.9 Å². The largest absolute Gasteiger partial charge is 0.399 e. The van der Waals surface area contributed by atoms with Crippen LogP contribution in [0.4, 0.5) is 16.2 Å². The Labute approximate surface area is 121 Å². The predicted octanol–water partition coefficient (Wildman–Crippen LogP) is 2.52. The van der Waals surface area contributed by atoms with E-state index in [1.165, 1.54) is 0 Å². The topological polar surface area (TPSA) is 84.2 Å². The Hall–Kier alpha value is -2.47. The van der Waals surface area contributed by atoms with Crippen molar-refractivity contribution < 1.29 is 9.59 Å². The molecular weight excluding hydrogens is 274 g/mol. The molecular formula is C14H13N3O2S. The van der Waals surface area contributed by atoms with Crippen LogP contribution in [0.5, 0.6) is 0 Å². The average Bonchev–Trinajstić information content (AvgIpc) is 2.42. The van der Waals surface area contributed by atoms with Crippen molar-refractivity contribution in [1.82, 2.24) is 5.32 Å². The molecule has 0 atom stereocenters. The summed E-state index contributed by atoms with van der Waals surface area (Å²) in [7, 11) is 0. The Morgan fingerprint density at radius 2 is 1.65 bits per heavy atom. The highest BCUT2D eigenvalue weighted by Crippen LogP contribution is 2.18. The zero-order valence-electron chi connectivity index (χ0n) is 10.5. The first-order valence-electron chi connectivity index (χ1n) is 5.82. The van der Waals surface area contributed by atoms with Gasteiger partial charge in [-0.25, -0.2) is 4.79 Å². The molecule has 0 fully saturated rings. The molecule has 3 amide bonds. The molecule has 2 aromatic carbocycles. The van der Waals surface area contributed by atoms with Gasteiger partial charge in [0.1, 0.15) is 0 Å². The van der Waals surface area contributed by atoms with Gasteiger partial charge in [0.25, 0.3) is 5.91 Å². The van der Waals surface area contributed by atoms with Crippen LogP contribution in [-0.2, 0) is 0 Å². The quantitative estimate of drug-likeness (QED) is 0.506. The minimum atomic E-state index is -0.617. The van der Waals surface area contributed by atoms with Crippen molar-refractivity contribution in [2.75, 3.05) is 11.1 Å². The van der Waals surface area contributed by atoms with Crippen LogP contribution in [0.2, 0.25) is 0 Å². The van der Waals surface area contributed by atoms with E-state index >= 15 is 0 Å². The lowest BCUT2D eigenvalue weighted by Gasteiger charge is -2.08. The first-order valence-corrected chi connectivity index (χ1v) is 6.27. The summed E-state index contributed by atoms with van der Waals surface area (Å²) in [6.45, 7) is 0. The van der Waals surface area contributed by atoms with E-state index in [9.17, 15) is 9.59 Å². The van der Waals surface area contributed by atoms with Crippen LogP contribution < -0.4 is 16.4 Å². The number of rotatable bonds is 2.